The van der Waals surface area contributed by atoms with Crippen molar-refractivity contribution in [3.8, 4) is 0 Å². The molecule has 1 N–H and O–H groups in total. The second kappa shape index (κ2) is 6.78. The first-order valence-electron chi connectivity index (χ1n) is 6.27. The quantitative estimate of drug-likeness (QED) is 0.835. The summed E-state index contributed by atoms with van der Waals surface area (Å²) in [5, 5.41) is 4.88. The van der Waals surface area contributed by atoms with Gasteiger partial charge >= 0.3 is 0 Å². The van der Waals surface area contributed by atoms with Gasteiger partial charge in [0, 0.05) is 23.9 Å². The average Bonchev–Trinajstić information content (AvgIpc) is 2.41. The lowest BCUT2D eigenvalue weighted by atomic mass is 10.4. The highest BCUT2D eigenvalue weighted by atomic mass is 35.5. The van der Waals surface area contributed by atoms with E-state index < -0.39 is 0 Å². The molecule has 0 aliphatic rings. The Morgan fingerprint density at radius 1 is 1.21 bits per heavy atom. The van der Waals surface area contributed by atoms with Crippen LogP contribution in [0.15, 0.2) is 40.3 Å². The summed E-state index contributed by atoms with van der Waals surface area (Å²) in [7, 11) is 0. The van der Waals surface area contributed by atoms with E-state index in [0.29, 0.717) is 0 Å². The Hall–Kier alpha value is -1.26. The normalized spacial score (nSPS) is 10.5. The summed E-state index contributed by atoms with van der Waals surface area (Å²) < 4.78 is 0. The average molecular weight is 294 g/mol. The molecular formula is C14H16ClN3S. The summed E-state index contributed by atoms with van der Waals surface area (Å²) in [6, 6.07) is 9.73. The fraction of sp³-hybridized carbons (Fsp3) is 0.286. The maximum absolute atomic E-state index is 6.17. The molecule has 0 amide bonds. The SMILES string of the molecule is CCNc1cc(Sc2ccccc2Cl)nc(CC)n1. The highest BCUT2D eigenvalue weighted by Gasteiger charge is 2.07. The minimum Gasteiger partial charge on any atom is -0.370 e. The Labute approximate surface area is 122 Å². The van der Waals surface area contributed by atoms with Crippen molar-refractivity contribution >= 4 is 29.2 Å². The van der Waals surface area contributed by atoms with Crippen LogP contribution in [0.25, 0.3) is 0 Å². The molecular weight excluding hydrogens is 278 g/mol. The van der Waals surface area contributed by atoms with Gasteiger partial charge in [-0.05, 0) is 19.1 Å². The van der Waals surface area contributed by atoms with Gasteiger partial charge < -0.3 is 5.32 Å². The third-order valence-corrected chi connectivity index (χ3v) is 3.91. The number of hydrogen-bond acceptors (Lipinski definition) is 4. The van der Waals surface area contributed by atoms with Crippen LogP contribution >= 0.6 is 23.4 Å². The van der Waals surface area contributed by atoms with Crippen molar-refractivity contribution in [3.05, 3.63) is 41.2 Å². The van der Waals surface area contributed by atoms with E-state index in [1.807, 2.05) is 30.3 Å². The van der Waals surface area contributed by atoms with Crippen LogP contribution in [0.5, 0.6) is 0 Å². The number of aromatic nitrogens is 2. The maximum atomic E-state index is 6.17. The van der Waals surface area contributed by atoms with E-state index in [0.717, 1.165) is 39.6 Å². The summed E-state index contributed by atoms with van der Waals surface area (Å²) in [6.45, 7) is 4.94. The Kier molecular flexibility index (Phi) is 5.05. The number of rotatable bonds is 5. The minimum absolute atomic E-state index is 0.745. The summed E-state index contributed by atoms with van der Waals surface area (Å²) in [4.78, 5) is 9.97. The Bertz CT molecular complexity index is 560. The molecule has 0 saturated carbocycles. The molecule has 0 aliphatic heterocycles. The van der Waals surface area contributed by atoms with Crippen LogP contribution in [0.2, 0.25) is 5.02 Å². The lowest BCUT2D eigenvalue weighted by Gasteiger charge is -2.08. The van der Waals surface area contributed by atoms with Crippen LogP contribution in [-0.2, 0) is 6.42 Å². The van der Waals surface area contributed by atoms with E-state index in [2.05, 4.69) is 29.1 Å². The number of halogens is 1. The number of anilines is 1. The zero-order chi connectivity index (χ0) is 13.7. The number of nitrogens with one attached hydrogen (secondary N) is 1. The summed E-state index contributed by atoms with van der Waals surface area (Å²) >= 11 is 7.73. The molecule has 0 atom stereocenters. The zero-order valence-corrected chi connectivity index (χ0v) is 12.6. The van der Waals surface area contributed by atoms with Gasteiger partial charge in [0.05, 0.1) is 5.02 Å². The first kappa shape index (κ1) is 14.2. The van der Waals surface area contributed by atoms with E-state index in [9.17, 15) is 0 Å². The fourth-order valence-electron chi connectivity index (χ4n) is 1.59. The lowest BCUT2D eigenvalue weighted by Crippen LogP contribution is -2.03. The van der Waals surface area contributed by atoms with Crippen molar-refractivity contribution in [2.24, 2.45) is 0 Å². The third kappa shape index (κ3) is 3.85. The van der Waals surface area contributed by atoms with Crippen molar-refractivity contribution in [1.29, 1.82) is 0 Å². The van der Waals surface area contributed by atoms with Crippen LogP contribution < -0.4 is 5.32 Å². The van der Waals surface area contributed by atoms with E-state index in [1.54, 1.807) is 11.8 Å². The topological polar surface area (TPSA) is 37.8 Å². The van der Waals surface area contributed by atoms with E-state index in [1.165, 1.54) is 0 Å². The van der Waals surface area contributed by atoms with Crippen LogP contribution in [-0.4, -0.2) is 16.5 Å². The molecule has 2 aromatic rings. The van der Waals surface area contributed by atoms with Gasteiger partial charge in [-0.15, -0.1) is 0 Å². The maximum Gasteiger partial charge on any atom is 0.131 e. The molecule has 2 rings (SSSR count). The molecule has 1 aromatic carbocycles. The Balaban J connectivity index is 2.29. The van der Waals surface area contributed by atoms with Gasteiger partial charge in [0.15, 0.2) is 0 Å². The van der Waals surface area contributed by atoms with E-state index >= 15 is 0 Å². The number of aryl methyl sites for hydroxylation is 1. The van der Waals surface area contributed by atoms with Crippen molar-refractivity contribution in [1.82, 2.24) is 9.97 Å². The Morgan fingerprint density at radius 3 is 2.68 bits per heavy atom. The highest BCUT2D eigenvalue weighted by molar-refractivity contribution is 7.99. The first-order valence-corrected chi connectivity index (χ1v) is 7.46. The first-order chi connectivity index (χ1) is 9.22. The molecule has 3 nitrogen and oxygen atoms in total. The standard InChI is InChI=1S/C14H16ClN3S/c1-3-12-17-13(16-4-2)9-14(18-12)19-11-8-6-5-7-10(11)15/h5-9H,3-4H2,1-2H3,(H,16,17,18). The molecule has 0 spiro atoms. The summed E-state index contributed by atoms with van der Waals surface area (Å²) in [6.07, 6.45) is 0.815. The molecule has 19 heavy (non-hydrogen) atoms. The van der Waals surface area contributed by atoms with E-state index in [4.69, 9.17) is 11.6 Å². The van der Waals surface area contributed by atoms with Gasteiger partial charge in [-0.2, -0.15) is 0 Å². The predicted molar refractivity (Wildman–Crippen MR) is 81.1 cm³/mol. The predicted octanol–water partition coefficient (Wildman–Crippen LogP) is 4.28. The monoisotopic (exact) mass is 293 g/mol. The van der Waals surface area contributed by atoms with Crippen molar-refractivity contribution in [3.63, 3.8) is 0 Å². The number of benzene rings is 1. The molecule has 0 aliphatic carbocycles. The number of hydrogen-bond donors (Lipinski definition) is 1. The summed E-state index contributed by atoms with van der Waals surface area (Å²) in [5.74, 6) is 1.71. The second-order valence-electron chi connectivity index (χ2n) is 3.92. The van der Waals surface area contributed by atoms with Gasteiger partial charge in [-0.25, -0.2) is 9.97 Å². The van der Waals surface area contributed by atoms with Gasteiger partial charge in [0.25, 0.3) is 0 Å². The molecule has 1 aromatic heterocycles. The second-order valence-corrected chi connectivity index (χ2v) is 5.39. The lowest BCUT2D eigenvalue weighted by molar-refractivity contribution is 0.887. The van der Waals surface area contributed by atoms with Crippen LogP contribution in [0.4, 0.5) is 5.82 Å². The van der Waals surface area contributed by atoms with Gasteiger partial charge in [0.2, 0.25) is 0 Å². The molecule has 0 saturated heterocycles. The molecule has 0 fully saturated rings. The molecule has 5 heteroatoms. The van der Waals surface area contributed by atoms with Crippen LogP contribution in [0.1, 0.15) is 19.7 Å². The molecule has 1 heterocycles. The fourth-order valence-corrected chi connectivity index (χ4v) is 2.71. The van der Waals surface area contributed by atoms with Gasteiger partial charge in [-0.3, -0.25) is 0 Å². The Morgan fingerprint density at radius 2 is 2.00 bits per heavy atom. The molecule has 0 unspecified atom stereocenters. The summed E-state index contributed by atoms with van der Waals surface area (Å²) in [5.41, 5.74) is 0. The molecule has 0 radical (unpaired) electrons. The highest BCUT2D eigenvalue weighted by Crippen LogP contribution is 2.32. The van der Waals surface area contributed by atoms with Crippen LogP contribution in [0.3, 0.4) is 0 Å². The van der Waals surface area contributed by atoms with Crippen molar-refractivity contribution in [2.45, 2.75) is 30.2 Å². The third-order valence-electron chi connectivity index (χ3n) is 2.47. The van der Waals surface area contributed by atoms with Gasteiger partial charge in [0.1, 0.15) is 16.7 Å². The van der Waals surface area contributed by atoms with E-state index in [-0.39, 0.29) is 0 Å². The molecule has 100 valence electrons. The number of nitrogens with zero attached hydrogens (tertiary/aromatic N) is 2. The smallest absolute Gasteiger partial charge is 0.131 e. The van der Waals surface area contributed by atoms with Gasteiger partial charge in [-0.1, -0.05) is 42.4 Å². The van der Waals surface area contributed by atoms with Crippen molar-refractivity contribution < 1.29 is 0 Å². The van der Waals surface area contributed by atoms with Crippen LogP contribution in [0, 0.1) is 0 Å². The molecule has 0 bridgehead atoms. The minimum atomic E-state index is 0.745. The largest absolute Gasteiger partial charge is 0.370 e. The van der Waals surface area contributed by atoms with Crippen molar-refractivity contribution in [2.75, 3.05) is 11.9 Å². The zero-order valence-electron chi connectivity index (χ0n) is 11.0.